The Morgan fingerprint density at radius 2 is 1.90 bits per heavy atom. The van der Waals surface area contributed by atoms with Gasteiger partial charge in [0.25, 0.3) is 0 Å². The number of halogens is 3. The van der Waals surface area contributed by atoms with Gasteiger partial charge in [-0.15, -0.1) is 0 Å². The number of oxime groups is 1. The summed E-state index contributed by atoms with van der Waals surface area (Å²) in [5, 5.41) is 11.6. The highest BCUT2D eigenvalue weighted by Crippen LogP contribution is 2.29. The van der Waals surface area contributed by atoms with E-state index in [1.165, 1.54) is 23.9 Å². The van der Waals surface area contributed by atoms with Gasteiger partial charge in [0.1, 0.15) is 6.61 Å². The van der Waals surface area contributed by atoms with Crippen LogP contribution in [-0.2, 0) is 31.1 Å². The molecule has 10 heteroatoms. The van der Waals surface area contributed by atoms with E-state index < -0.39 is 17.4 Å². The maximum atomic E-state index is 12.9. The van der Waals surface area contributed by atoms with Crippen LogP contribution < -0.4 is 5.69 Å². The van der Waals surface area contributed by atoms with Crippen molar-refractivity contribution in [3.63, 3.8) is 0 Å². The Morgan fingerprint density at radius 1 is 1.17 bits per heavy atom. The number of aryl methyl sites for hydroxylation is 2. The lowest BCUT2D eigenvalue weighted by atomic mass is 10.0. The molecule has 1 aromatic heterocycles. The largest absolute Gasteiger partial charge is 0.416 e. The Balaban J connectivity index is 1.87. The second kappa shape index (κ2) is 8.52. The van der Waals surface area contributed by atoms with E-state index in [4.69, 9.17) is 4.84 Å². The number of tetrazole rings is 1. The van der Waals surface area contributed by atoms with Crippen molar-refractivity contribution in [2.75, 3.05) is 0 Å². The third-order valence-electron chi connectivity index (χ3n) is 4.60. The molecule has 0 aliphatic rings. The van der Waals surface area contributed by atoms with Crippen LogP contribution in [0.2, 0.25) is 0 Å². The number of hydrogen-bond donors (Lipinski definition) is 0. The zero-order chi connectivity index (χ0) is 21.9. The van der Waals surface area contributed by atoms with Crippen LogP contribution in [0, 0.1) is 0 Å². The van der Waals surface area contributed by atoms with E-state index in [0.29, 0.717) is 28.9 Å². The molecule has 30 heavy (non-hydrogen) atoms. The summed E-state index contributed by atoms with van der Waals surface area (Å²) < 4.78 is 41.0. The zero-order valence-electron chi connectivity index (χ0n) is 16.6. The van der Waals surface area contributed by atoms with Gasteiger partial charge in [-0.2, -0.15) is 22.5 Å². The van der Waals surface area contributed by atoms with Crippen LogP contribution >= 0.6 is 0 Å². The molecule has 0 radical (unpaired) electrons. The van der Waals surface area contributed by atoms with Gasteiger partial charge in [0.2, 0.25) is 0 Å². The Hall–Kier alpha value is -3.43. The summed E-state index contributed by atoms with van der Waals surface area (Å²) in [5.41, 5.74) is 1.58. The Morgan fingerprint density at radius 3 is 2.53 bits per heavy atom. The van der Waals surface area contributed by atoms with Gasteiger partial charge < -0.3 is 4.84 Å². The van der Waals surface area contributed by atoms with Crippen molar-refractivity contribution in [2.45, 2.75) is 33.1 Å². The van der Waals surface area contributed by atoms with Crippen molar-refractivity contribution in [1.29, 1.82) is 0 Å². The number of nitrogens with zero attached hydrogens (tertiary/aromatic N) is 5. The molecule has 158 valence electrons. The Labute approximate surface area is 170 Å². The minimum atomic E-state index is -4.43. The summed E-state index contributed by atoms with van der Waals surface area (Å²) in [5.74, 6) is 0. The molecule has 0 amide bonds. The molecule has 0 N–H and O–H groups in total. The van der Waals surface area contributed by atoms with Gasteiger partial charge in [-0.25, -0.2) is 4.79 Å². The maximum absolute atomic E-state index is 12.9. The number of rotatable bonds is 6. The smallest absolute Gasteiger partial charge is 0.391 e. The van der Waals surface area contributed by atoms with E-state index in [0.717, 1.165) is 22.4 Å². The first kappa shape index (κ1) is 21.3. The lowest BCUT2D eigenvalue weighted by molar-refractivity contribution is -0.137. The van der Waals surface area contributed by atoms with E-state index in [1.54, 1.807) is 19.1 Å². The molecular weight excluding hydrogens is 399 g/mol. The Bertz CT molecular complexity index is 1130. The molecule has 0 aliphatic heterocycles. The van der Waals surface area contributed by atoms with Crippen molar-refractivity contribution in [1.82, 2.24) is 19.8 Å². The second-order valence-corrected chi connectivity index (χ2v) is 6.59. The van der Waals surface area contributed by atoms with Crippen molar-refractivity contribution in [3.8, 4) is 5.69 Å². The van der Waals surface area contributed by atoms with Gasteiger partial charge >= 0.3 is 11.9 Å². The lowest BCUT2D eigenvalue weighted by Crippen LogP contribution is -2.23. The van der Waals surface area contributed by atoms with Gasteiger partial charge in [0.15, 0.2) is 0 Å². The van der Waals surface area contributed by atoms with Crippen LogP contribution in [0.3, 0.4) is 0 Å². The molecule has 0 aliphatic carbocycles. The Kier molecular flexibility index (Phi) is 6.04. The van der Waals surface area contributed by atoms with Crippen LogP contribution in [-0.4, -0.2) is 25.5 Å². The van der Waals surface area contributed by atoms with Crippen LogP contribution in [0.1, 0.15) is 36.1 Å². The second-order valence-electron chi connectivity index (χ2n) is 6.59. The van der Waals surface area contributed by atoms with Gasteiger partial charge in [-0.05, 0) is 53.1 Å². The van der Waals surface area contributed by atoms with Crippen LogP contribution in [0.5, 0.6) is 0 Å². The third kappa shape index (κ3) is 4.42. The molecule has 0 fully saturated rings. The molecule has 0 atom stereocenters. The van der Waals surface area contributed by atoms with Gasteiger partial charge in [-0.1, -0.05) is 36.3 Å². The molecule has 3 aromatic rings. The normalized spacial score (nSPS) is 12.3. The van der Waals surface area contributed by atoms with E-state index in [-0.39, 0.29) is 6.61 Å². The zero-order valence-corrected chi connectivity index (χ0v) is 16.6. The number of aromatic nitrogens is 4. The highest BCUT2D eigenvalue weighted by Gasteiger charge is 2.30. The minimum absolute atomic E-state index is 0.0126. The third-order valence-corrected chi connectivity index (χ3v) is 4.60. The van der Waals surface area contributed by atoms with Crippen molar-refractivity contribution in [3.05, 3.63) is 75.2 Å². The summed E-state index contributed by atoms with van der Waals surface area (Å²) in [6.45, 7) is 3.53. The average molecular weight is 419 g/mol. The topological polar surface area (TPSA) is 74.3 Å². The van der Waals surface area contributed by atoms with Crippen LogP contribution in [0.25, 0.3) is 5.69 Å². The molecule has 0 unspecified atom stereocenters. The fraction of sp³-hybridized carbons (Fsp3) is 0.300. The summed E-state index contributed by atoms with van der Waals surface area (Å²) in [7, 11) is 1.49. The van der Waals surface area contributed by atoms with Crippen molar-refractivity contribution < 1.29 is 18.0 Å². The van der Waals surface area contributed by atoms with Gasteiger partial charge in [0, 0.05) is 12.6 Å². The van der Waals surface area contributed by atoms with Crippen molar-refractivity contribution in [2.24, 2.45) is 12.2 Å². The molecule has 2 aromatic carbocycles. The molecular formula is C20H20F3N5O2. The molecule has 7 nitrogen and oxygen atoms in total. The molecule has 0 saturated heterocycles. The number of alkyl halides is 3. The maximum Gasteiger partial charge on any atom is 0.416 e. The summed E-state index contributed by atoms with van der Waals surface area (Å²) in [6.07, 6.45) is -3.76. The predicted molar refractivity (Wildman–Crippen MR) is 104 cm³/mol. The average Bonchev–Trinajstić information content (AvgIpc) is 3.05. The van der Waals surface area contributed by atoms with E-state index in [9.17, 15) is 18.0 Å². The first-order valence-corrected chi connectivity index (χ1v) is 9.16. The highest BCUT2D eigenvalue weighted by atomic mass is 19.4. The van der Waals surface area contributed by atoms with Gasteiger partial charge in [-0.3, -0.25) is 0 Å². The molecule has 3 rings (SSSR count). The minimum Gasteiger partial charge on any atom is -0.391 e. The van der Waals surface area contributed by atoms with Crippen molar-refractivity contribution >= 4 is 5.71 Å². The SMILES string of the molecule is CCc1cccc(-n2nnn(C)c2=O)c1CO/N=C(/C)c1cccc(C(F)(F)F)c1. The predicted octanol–water partition coefficient (Wildman–Crippen LogP) is 3.49. The number of benzene rings is 2. The molecule has 0 spiro atoms. The van der Waals surface area contributed by atoms with E-state index >= 15 is 0 Å². The first-order chi connectivity index (χ1) is 14.2. The monoisotopic (exact) mass is 419 g/mol. The molecule has 0 saturated carbocycles. The fourth-order valence-corrected chi connectivity index (χ4v) is 2.95. The highest BCUT2D eigenvalue weighted by molar-refractivity contribution is 5.98. The van der Waals surface area contributed by atoms with Gasteiger partial charge in [0.05, 0.1) is 17.0 Å². The first-order valence-electron chi connectivity index (χ1n) is 9.16. The summed E-state index contributed by atoms with van der Waals surface area (Å²) in [4.78, 5) is 17.7. The standard InChI is InChI=1S/C20H20F3N5O2/c1-4-14-7-6-10-18(28-19(29)27(3)25-26-28)17(14)12-30-24-13(2)15-8-5-9-16(11-15)20(21,22)23/h5-11H,4,12H2,1-3H3/b24-13-. The summed E-state index contributed by atoms with van der Waals surface area (Å²) in [6, 6.07) is 10.3. The van der Waals surface area contributed by atoms with Crippen LogP contribution in [0.4, 0.5) is 13.2 Å². The van der Waals surface area contributed by atoms with E-state index in [1.807, 2.05) is 13.0 Å². The number of hydrogen-bond acceptors (Lipinski definition) is 5. The molecule has 0 bridgehead atoms. The van der Waals surface area contributed by atoms with Crippen LogP contribution in [0.15, 0.2) is 52.4 Å². The quantitative estimate of drug-likeness (QED) is 0.453. The summed E-state index contributed by atoms with van der Waals surface area (Å²) >= 11 is 0. The lowest BCUT2D eigenvalue weighted by Gasteiger charge is -2.12. The molecule has 1 heterocycles. The van der Waals surface area contributed by atoms with E-state index in [2.05, 4.69) is 15.6 Å². The fourth-order valence-electron chi connectivity index (χ4n) is 2.95.